The molecule has 0 spiro atoms. The summed E-state index contributed by atoms with van der Waals surface area (Å²) in [7, 11) is 0. The lowest BCUT2D eigenvalue weighted by Crippen LogP contribution is -2.20. The molecule has 0 N–H and O–H groups in total. The van der Waals surface area contributed by atoms with Gasteiger partial charge in [0.2, 0.25) is 0 Å². The molecular weight excluding hydrogens is 294 g/mol. The van der Waals surface area contributed by atoms with Crippen molar-refractivity contribution in [1.82, 2.24) is 4.90 Å². The van der Waals surface area contributed by atoms with Gasteiger partial charge in [0, 0.05) is 42.1 Å². The average Bonchev–Trinajstić information content (AvgIpc) is 2.89. The number of rotatable bonds is 2. The van der Waals surface area contributed by atoms with E-state index < -0.39 is 0 Å². The summed E-state index contributed by atoms with van der Waals surface area (Å²) in [6, 6.07) is 14.3. The number of para-hydroxylation sites is 1. The summed E-state index contributed by atoms with van der Waals surface area (Å²) in [5.41, 5.74) is 2.52. The van der Waals surface area contributed by atoms with Crippen molar-refractivity contribution in [3.05, 3.63) is 71.3 Å². The van der Waals surface area contributed by atoms with Gasteiger partial charge in [0.1, 0.15) is 11.5 Å². The maximum absolute atomic E-state index is 6.24. The molecule has 1 saturated heterocycles. The minimum absolute atomic E-state index is 0.414. The largest absolute Gasteiger partial charge is 0.457 e. The van der Waals surface area contributed by atoms with E-state index >= 15 is 0 Å². The van der Waals surface area contributed by atoms with Crippen molar-refractivity contribution >= 4 is 11.6 Å². The maximum Gasteiger partial charge on any atom is 0.131 e. The summed E-state index contributed by atoms with van der Waals surface area (Å²) in [5.74, 6) is 2.76. The van der Waals surface area contributed by atoms with Crippen LogP contribution in [0.25, 0.3) is 0 Å². The molecule has 1 fully saturated rings. The Bertz CT molecular complexity index is 727. The van der Waals surface area contributed by atoms with Crippen LogP contribution in [0, 0.1) is 0 Å². The van der Waals surface area contributed by atoms with Crippen LogP contribution in [-0.2, 0) is 0 Å². The Hall–Kier alpha value is -1.77. The Morgan fingerprint density at radius 1 is 1.09 bits per heavy atom. The summed E-state index contributed by atoms with van der Waals surface area (Å²) in [6.45, 7) is 6.84. The molecule has 0 saturated carbocycles. The monoisotopic (exact) mass is 311 g/mol. The van der Waals surface area contributed by atoms with Crippen molar-refractivity contribution in [3.63, 3.8) is 0 Å². The Morgan fingerprint density at radius 3 is 2.64 bits per heavy atom. The van der Waals surface area contributed by atoms with Crippen molar-refractivity contribution < 1.29 is 4.74 Å². The van der Waals surface area contributed by atoms with Crippen molar-refractivity contribution in [1.29, 1.82) is 0 Å². The molecule has 2 aliphatic heterocycles. The second-order valence-corrected chi connectivity index (χ2v) is 6.48. The van der Waals surface area contributed by atoms with E-state index in [2.05, 4.69) is 35.7 Å². The Morgan fingerprint density at radius 2 is 1.82 bits per heavy atom. The fourth-order valence-corrected chi connectivity index (χ4v) is 3.93. The number of benzene rings is 2. The van der Waals surface area contributed by atoms with Crippen LogP contribution < -0.4 is 4.74 Å². The van der Waals surface area contributed by atoms with Gasteiger partial charge >= 0.3 is 0 Å². The molecule has 0 amide bonds. The Balaban J connectivity index is 1.86. The van der Waals surface area contributed by atoms with Gasteiger partial charge in [-0.3, -0.25) is 4.90 Å². The summed E-state index contributed by atoms with van der Waals surface area (Å²) in [4.78, 5) is 2.45. The number of likely N-dealkylation sites (tertiary alicyclic amines) is 1. The lowest BCUT2D eigenvalue weighted by molar-refractivity contribution is 0.365. The fourth-order valence-electron chi connectivity index (χ4n) is 3.75. The van der Waals surface area contributed by atoms with Gasteiger partial charge in [-0.2, -0.15) is 0 Å². The molecule has 0 aromatic heterocycles. The SMILES string of the molecule is C=CCN1CC2c3cc(Cl)ccc3Oc3ccccc3[C@H]2C1. The first kappa shape index (κ1) is 13.9. The van der Waals surface area contributed by atoms with Crippen LogP contribution in [0.5, 0.6) is 11.5 Å². The number of ether oxygens (including phenoxy) is 1. The highest BCUT2D eigenvalue weighted by atomic mass is 35.5. The smallest absolute Gasteiger partial charge is 0.131 e. The van der Waals surface area contributed by atoms with E-state index in [9.17, 15) is 0 Å². The molecule has 2 nitrogen and oxygen atoms in total. The molecule has 112 valence electrons. The summed E-state index contributed by atoms with van der Waals surface area (Å²) >= 11 is 6.24. The minimum atomic E-state index is 0.414. The van der Waals surface area contributed by atoms with Gasteiger partial charge in [0.05, 0.1) is 0 Å². The fraction of sp³-hybridized carbons (Fsp3) is 0.263. The maximum atomic E-state index is 6.24. The molecule has 0 radical (unpaired) electrons. The van der Waals surface area contributed by atoms with Crippen molar-refractivity contribution in [2.24, 2.45) is 0 Å². The van der Waals surface area contributed by atoms with Gasteiger partial charge in [-0.15, -0.1) is 6.58 Å². The van der Waals surface area contributed by atoms with Gasteiger partial charge in [-0.05, 0) is 29.8 Å². The highest BCUT2D eigenvalue weighted by Gasteiger charge is 2.39. The van der Waals surface area contributed by atoms with Crippen LogP contribution in [-0.4, -0.2) is 24.5 Å². The third-order valence-corrected chi connectivity index (χ3v) is 4.93. The predicted molar refractivity (Wildman–Crippen MR) is 90.1 cm³/mol. The predicted octanol–water partition coefficient (Wildman–Crippen LogP) is 4.81. The normalized spacial score (nSPS) is 23.0. The molecule has 0 aliphatic carbocycles. The zero-order valence-corrected chi connectivity index (χ0v) is 13.1. The summed E-state index contributed by atoms with van der Waals surface area (Å²) in [5, 5.41) is 0.772. The first-order valence-electron chi connectivity index (χ1n) is 7.65. The van der Waals surface area contributed by atoms with Crippen molar-refractivity contribution in [2.75, 3.05) is 19.6 Å². The van der Waals surface area contributed by atoms with E-state index in [-0.39, 0.29) is 0 Å². The Labute approximate surface area is 136 Å². The van der Waals surface area contributed by atoms with E-state index in [4.69, 9.17) is 16.3 Å². The topological polar surface area (TPSA) is 12.5 Å². The molecule has 2 atom stereocenters. The van der Waals surface area contributed by atoms with Crippen LogP contribution in [0.2, 0.25) is 5.02 Å². The van der Waals surface area contributed by atoms with Gasteiger partial charge in [-0.25, -0.2) is 0 Å². The minimum Gasteiger partial charge on any atom is -0.457 e. The quantitative estimate of drug-likeness (QED) is 0.738. The standard InChI is InChI=1S/C19H18ClNO/c1-2-9-21-11-16-14-5-3-4-6-18(14)22-19-8-7-13(20)10-15(19)17(16)12-21/h2-8,10,16-17H,1,9,11-12H2/t16-,17?/m1/s1. The lowest BCUT2D eigenvalue weighted by atomic mass is 9.84. The first-order valence-corrected chi connectivity index (χ1v) is 8.03. The van der Waals surface area contributed by atoms with Gasteiger partial charge in [0.15, 0.2) is 0 Å². The zero-order valence-electron chi connectivity index (χ0n) is 12.3. The molecule has 0 bridgehead atoms. The van der Waals surface area contributed by atoms with Crippen molar-refractivity contribution in [2.45, 2.75) is 11.8 Å². The van der Waals surface area contributed by atoms with E-state index in [1.807, 2.05) is 24.3 Å². The van der Waals surface area contributed by atoms with E-state index in [1.165, 1.54) is 11.1 Å². The van der Waals surface area contributed by atoms with Gasteiger partial charge in [-0.1, -0.05) is 35.9 Å². The highest BCUT2D eigenvalue weighted by molar-refractivity contribution is 6.30. The average molecular weight is 312 g/mol. The molecule has 2 aromatic carbocycles. The molecule has 22 heavy (non-hydrogen) atoms. The lowest BCUT2D eigenvalue weighted by Gasteiger charge is -2.17. The first-order chi connectivity index (χ1) is 10.8. The third kappa shape index (κ3) is 2.23. The summed E-state index contributed by atoms with van der Waals surface area (Å²) < 4.78 is 6.19. The van der Waals surface area contributed by atoms with E-state index in [0.29, 0.717) is 11.8 Å². The molecule has 1 unspecified atom stereocenters. The zero-order chi connectivity index (χ0) is 15.1. The van der Waals surface area contributed by atoms with Crippen LogP contribution in [0.15, 0.2) is 55.1 Å². The highest BCUT2D eigenvalue weighted by Crippen LogP contribution is 2.50. The van der Waals surface area contributed by atoms with Gasteiger partial charge < -0.3 is 4.74 Å². The number of halogens is 1. The molecule has 2 heterocycles. The van der Waals surface area contributed by atoms with Crippen LogP contribution >= 0.6 is 11.6 Å². The van der Waals surface area contributed by atoms with E-state index in [1.54, 1.807) is 0 Å². The summed E-state index contributed by atoms with van der Waals surface area (Å²) in [6.07, 6.45) is 1.98. The molecule has 2 aromatic rings. The van der Waals surface area contributed by atoms with E-state index in [0.717, 1.165) is 36.2 Å². The van der Waals surface area contributed by atoms with Crippen molar-refractivity contribution in [3.8, 4) is 11.5 Å². The number of hydrogen-bond donors (Lipinski definition) is 0. The number of fused-ring (bicyclic) bond motifs is 5. The third-order valence-electron chi connectivity index (χ3n) is 4.69. The molecular formula is C19H18ClNO. The second-order valence-electron chi connectivity index (χ2n) is 6.04. The Kier molecular flexibility index (Phi) is 3.44. The molecule has 4 rings (SSSR count). The van der Waals surface area contributed by atoms with Gasteiger partial charge in [0.25, 0.3) is 0 Å². The molecule has 3 heteroatoms. The molecule has 2 aliphatic rings. The van der Waals surface area contributed by atoms with Crippen LogP contribution in [0.1, 0.15) is 23.0 Å². The van der Waals surface area contributed by atoms with Crippen LogP contribution in [0.4, 0.5) is 0 Å². The second kappa shape index (κ2) is 5.45. The number of hydrogen-bond acceptors (Lipinski definition) is 2. The van der Waals surface area contributed by atoms with Crippen LogP contribution in [0.3, 0.4) is 0 Å². The number of nitrogens with zero attached hydrogens (tertiary/aromatic N) is 1.